The van der Waals surface area contributed by atoms with E-state index in [4.69, 9.17) is 20.6 Å². The van der Waals surface area contributed by atoms with E-state index in [0.717, 1.165) is 35.4 Å². The number of hydrogen-bond donors (Lipinski definition) is 1. The van der Waals surface area contributed by atoms with Crippen LogP contribution in [0.4, 0.5) is 16.2 Å². The lowest BCUT2D eigenvalue weighted by Gasteiger charge is -2.28. The van der Waals surface area contributed by atoms with Gasteiger partial charge in [0, 0.05) is 34.5 Å². The second-order valence-electron chi connectivity index (χ2n) is 7.98. The molecule has 192 valence electrons. The number of morpholine rings is 1. The Morgan fingerprint density at radius 3 is 2.65 bits per heavy atom. The molecule has 0 saturated carbocycles. The predicted octanol–water partition coefficient (Wildman–Crippen LogP) is 3.98. The van der Waals surface area contributed by atoms with E-state index in [-0.39, 0.29) is 11.5 Å². The number of rotatable bonds is 8. The smallest absolute Gasteiger partial charge is 0.294 e. The van der Waals surface area contributed by atoms with Gasteiger partial charge in [-0.2, -0.15) is 0 Å². The number of thioether (sulfide) groups is 1. The van der Waals surface area contributed by atoms with E-state index in [1.165, 1.54) is 13.2 Å². The summed E-state index contributed by atoms with van der Waals surface area (Å²) in [6, 6.07) is 10.8. The van der Waals surface area contributed by atoms with Gasteiger partial charge >= 0.3 is 0 Å². The van der Waals surface area contributed by atoms with Crippen LogP contribution in [0, 0.1) is 12.3 Å². The minimum absolute atomic E-state index is 0.00604. The molecule has 2 fully saturated rings. The van der Waals surface area contributed by atoms with Gasteiger partial charge < -0.3 is 24.4 Å². The van der Waals surface area contributed by atoms with Crippen molar-refractivity contribution in [3.63, 3.8) is 0 Å². The topological polar surface area (TPSA) is 97.4 Å². The summed E-state index contributed by atoms with van der Waals surface area (Å²) in [7, 11) is 1.48. The van der Waals surface area contributed by atoms with Gasteiger partial charge in [0.2, 0.25) is 5.91 Å². The molecule has 37 heavy (non-hydrogen) atoms. The summed E-state index contributed by atoms with van der Waals surface area (Å²) < 4.78 is 17.0. The zero-order valence-corrected chi connectivity index (χ0v) is 22.4. The molecule has 0 unspecified atom stereocenters. The molecule has 0 spiro atoms. The average molecular weight is 586 g/mol. The Bertz CT molecular complexity index is 1270. The molecule has 0 aliphatic carbocycles. The summed E-state index contributed by atoms with van der Waals surface area (Å²) in [6.45, 7) is 2.56. The third-order valence-corrected chi connectivity index (χ3v) is 6.92. The molecule has 1 N–H and O–H groups in total. The van der Waals surface area contributed by atoms with Crippen molar-refractivity contribution in [2.45, 2.75) is 0 Å². The van der Waals surface area contributed by atoms with Crippen molar-refractivity contribution in [1.82, 2.24) is 4.90 Å². The van der Waals surface area contributed by atoms with Crippen LogP contribution in [0.1, 0.15) is 5.56 Å². The largest absolute Gasteiger partial charge is 0.493 e. The fourth-order valence-corrected chi connectivity index (χ4v) is 5.10. The highest BCUT2D eigenvalue weighted by Gasteiger charge is 2.36. The molecule has 9 nitrogen and oxygen atoms in total. The van der Waals surface area contributed by atoms with Gasteiger partial charge in [0.05, 0.1) is 25.2 Å². The Kier molecular flexibility index (Phi) is 8.76. The Morgan fingerprint density at radius 1 is 1.24 bits per heavy atom. The van der Waals surface area contributed by atoms with E-state index in [1.54, 1.807) is 24.3 Å². The van der Waals surface area contributed by atoms with Gasteiger partial charge in [0.15, 0.2) is 11.5 Å². The van der Waals surface area contributed by atoms with Crippen LogP contribution >= 0.6 is 27.7 Å². The molecule has 0 aromatic heterocycles. The summed E-state index contributed by atoms with van der Waals surface area (Å²) in [5.74, 6) is 2.09. The fraction of sp³-hybridized carbons (Fsp3) is 0.269. The third-order valence-electron chi connectivity index (χ3n) is 5.56. The minimum Gasteiger partial charge on any atom is -0.493 e. The van der Waals surface area contributed by atoms with Gasteiger partial charge in [-0.3, -0.25) is 19.3 Å². The summed E-state index contributed by atoms with van der Waals surface area (Å²) in [5.41, 5.74) is 2.10. The van der Waals surface area contributed by atoms with Crippen LogP contribution < -0.4 is 19.7 Å². The molecule has 2 saturated heterocycles. The monoisotopic (exact) mass is 585 g/mol. The summed E-state index contributed by atoms with van der Waals surface area (Å²) >= 11 is 4.15. The van der Waals surface area contributed by atoms with E-state index in [0.29, 0.717) is 40.4 Å². The number of carbonyl (C=O) groups excluding carboxylic acids is 3. The molecule has 4 rings (SSSR count). The van der Waals surface area contributed by atoms with Crippen molar-refractivity contribution < 1.29 is 28.6 Å². The highest BCUT2D eigenvalue weighted by molar-refractivity contribution is 9.10. The van der Waals surface area contributed by atoms with Crippen LogP contribution in [0.5, 0.6) is 11.5 Å². The highest BCUT2D eigenvalue weighted by Crippen LogP contribution is 2.39. The van der Waals surface area contributed by atoms with E-state index in [9.17, 15) is 14.4 Å². The summed E-state index contributed by atoms with van der Waals surface area (Å²) in [4.78, 5) is 41.5. The number of nitrogens with zero attached hydrogens (tertiary/aromatic N) is 2. The molecule has 2 aliphatic rings. The number of carbonyl (C=O) groups is 3. The Hall–Kier alpha value is -3.46. The van der Waals surface area contributed by atoms with Gasteiger partial charge in [-0.05, 0) is 54.2 Å². The van der Waals surface area contributed by atoms with Gasteiger partial charge in [-0.1, -0.05) is 21.9 Å². The first-order chi connectivity index (χ1) is 17.9. The number of halogens is 1. The first kappa shape index (κ1) is 26.6. The SMILES string of the molecule is C#CCOc1c(/C=C2/SC(=O)N(CC(=O)Nc3ccc(N4CCOCC4)cc3)C2=O)cc(Br)cc1OC. The number of amides is 3. The zero-order valence-electron chi connectivity index (χ0n) is 20.0. The maximum atomic E-state index is 13.0. The number of terminal acetylenes is 1. The molecule has 2 aliphatic heterocycles. The molecule has 0 atom stereocenters. The number of ether oxygens (including phenoxy) is 3. The van der Waals surface area contributed by atoms with Crippen molar-refractivity contribution in [2.24, 2.45) is 0 Å². The highest BCUT2D eigenvalue weighted by atomic mass is 79.9. The fourth-order valence-electron chi connectivity index (χ4n) is 3.81. The number of anilines is 2. The Labute approximate surface area is 227 Å². The maximum absolute atomic E-state index is 13.0. The van der Waals surface area contributed by atoms with Crippen LogP contribution in [0.3, 0.4) is 0 Å². The Morgan fingerprint density at radius 2 is 1.97 bits per heavy atom. The minimum atomic E-state index is -0.574. The second-order valence-corrected chi connectivity index (χ2v) is 9.89. The zero-order chi connectivity index (χ0) is 26.4. The van der Waals surface area contributed by atoms with E-state index >= 15 is 0 Å². The van der Waals surface area contributed by atoms with Gasteiger partial charge in [-0.25, -0.2) is 0 Å². The molecule has 2 aromatic rings. The predicted molar refractivity (Wildman–Crippen MR) is 146 cm³/mol. The molecular weight excluding hydrogens is 562 g/mol. The Balaban J connectivity index is 1.44. The first-order valence-corrected chi connectivity index (χ1v) is 12.9. The van der Waals surface area contributed by atoms with Crippen molar-refractivity contribution in [1.29, 1.82) is 0 Å². The molecule has 3 amide bonds. The number of methoxy groups -OCH3 is 1. The lowest BCUT2D eigenvalue weighted by molar-refractivity contribution is -0.127. The summed E-state index contributed by atoms with van der Waals surface area (Å²) in [5, 5.41) is 2.20. The number of hydrogen-bond acceptors (Lipinski definition) is 8. The summed E-state index contributed by atoms with van der Waals surface area (Å²) in [6.07, 6.45) is 6.84. The molecule has 2 aromatic carbocycles. The quantitative estimate of drug-likeness (QED) is 0.367. The second kappa shape index (κ2) is 12.2. The van der Waals surface area contributed by atoms with Crippen molar-refractivity contribution in [3.8, 4) is 23.8 Å². The van der Waals surface area contributed by atoms with Crippen LogP contribution in [-0.2, 0) is 14.3 Å². The van der Waals surface area contributed by atoms with Crippen molar-refractivity contribution >= 4 is 62.2 Å². The van der Waals surface area contributed by atoms with Crippen LogP contribution in [0.25, 0.3) is 6.08 Å². The van der Waals surface area contributed by atoms with Gasteiger partial charge in [0.1, 0.15) is 13.2 Å². The molecule has 0 bridgehead atoms. The van der Waals surface area contributed by atoms with Crippen molar-refractivity contribution in [3.05, 3.63) is 51.3 Å². The number of benzene rings is 2. The van der Waals surface area contributed by atoms with Crippen molar-refractivity contribution in [2.75, 3.05) is 56.8 Å². The van der Waals surface area contributed by atoms with Crippen LogP contribution in [0.2, 0.25) is 0 Å². The van der Waals surface area contributed by atoms with Crippen LogP contribution in [0.15, 0.2) is 45.8 Å². The van der Waals surface area contributed by atoms with Gasteiger partial charge in [-0.15, -0.1) is 6.42 Å². The molecule has 11 heteroatoms. The average Bonchev–Trinajstić information content (AvgIpc) is 3.16. The number of imide groups is 1. The molecule has 0 radical (unpaired) electrons. The molecule has 2 heterocycles. The van der Waals surface area contributed by atoms with E-state index < -0.39 is 23.6 Å². The third kappa shape index (κ3) is 6.46. The van der Waals surface area contributed by atoms with Crippen LogP contribution in [-0.4, -0.2) is 68.5 Å². The van der Waals surface area contributed by atoms with Gasteiger partial charge in [0.25, 0.3) is 11.1 Å². The van der Waals surface area contributed by atoms with E-state index in [1.807, 2.05) is 12.1 Å². The van der Waals surface area contributed by atoms with E-state index in [2.05, 4.69) is 32.1 Å². The molecular formula is C26H24BrN3O6S. The normalized spacial score (nSPS) is 16.6. The number of nitrogens with one attached hydrogen (secondary N) is 1. The lowest BCUT2D eigenvalue weighted by atomic mass is 10.1. The lowest BCUT2D eigenvalue weighted by Crippen LogP contribution is -2.36. The maximum Gasteiger partial charge on any atom is 0.294 e. The first-order valence-electron chi connectivity index (χ1n) is 11.3. The standard InChI is InChI=1S/C26H24BrN3O6S/c1-3-10-36-24-17(13-18(27)15-21(24)34-2)14-22-25(32)30(26(33)37-22)16-23(31)28-19-4-6-20(7-5-19)29-8-11-35-12-9-29/h1,4-7,13-15H,8-12,16H2,2H3,(H,28,31)/b22-14+.